The van der Waals surface area contributed by atoms with Gasteiger partial charge in [-0.3, -0.25) is 4.98 Å². The fraction of sp³-hybridized carbons (Fsp3) is 0.400. The van der Waals surface area contributed by atoms with Gasteiger partial charge < -0.3 is 9.47 Å². The zero-order valence-electron chi connectivity index (χ0n) is 10.6. The van der Waals surface area contributed by atoms with Gasteiger partial charge in [-0.2, -0.15) is 0 Å². The van der Waals surface area contributed by atoms with Crippen molar-refractivity contribution in [3.63, 3.8) is 0 Å². The minimum absolute atomic E-state index is 0.504. The van der Waals surface area contributed by atoms with E-state index in [-0.39, 0.29) is 0 Å². The fourth-order valence-electron chi connectivity index (χ4n) is 2.37. The predicted octanol–water partition coefficient (Wildman–Crippen LogP) is 3.80. The van der Waals surface area contributed by atoms with E-state index in [1.165, 1.54) is 6.42 Å². The van der Waals surface area contributed by atoms with E-state index in [4.69, 9.17) is 9.47 Å². The monoisotopic (exact) mass is 321 g/mol. The minimum Gasteiger partial charge on any atom is -0.492 e. The van der Waals surface area contributed by atoms with E-state index in [0.29, 0.717) is 12.5 Å². The molecular formula is C15H16BrNO2. The Bertz CT molecular complexity index is 567. The number of ether oxygens (including phenoxy) is 2. The molecule has 1 fully saturated rings. The van der Waals surface area contributed by atoms with Crippen LogP contribution in [0.15, 0.2) is 34.9 Å². The number of halogens is 1. The minimum atomic E-state index is 0.504. The summed E-state index contributed by atoms with van der Waals surface area (Å²) < 4.78 is 12.5. The fourth-order valence-corrected chi connectivity index (χ4v) is 2.73. The summed E-state index contributed by atoms with van der Waals surface area (Å²) in [7, 11) is 0. The van der Waals surface area contributed by atoms with E-state index in [2.05, 4.69) is 27.0 Å². The van der Waals surface area contributed by atoms with E-state index in [1.54, 1.807) is 6.20 Å². The third-order valence-electron chi connectivity index (χ3n) is 3.39. The molecule has 2 aromatic rings. The molecule has 3 nitrogen and oxygen atoms in total. The van der Waals surface area contributed by atoms with Crippen LogP contribution >= 0.6 is 15.9 Å². The SMILES string of the molecule is Brc1ccc2nccc(OCC3CCCOC3)c2c1. The Labute approximate surface area is 121 Å². The maximum atomic E-state index is 5.97. The number of pyridine rings is 1. The Morgan fingerprint density at radius 2 is 2.32 bits per heavy atom. The van der Waals surface area contributed by atoms with E-state index in [1.807, 2.05) is 18.2 Å². The van der Waals surface area contributed by atoms with Crippen LogP contribution in [-0.2, 0) is 4.74 Å². The maximum absolute atomic E-state index is 5.97. The zero-order valence-corrected chi connectivity index (χ0v) is 12.2. The standard InChI is InChI=1S/C15H16BrNO2/c16-12-3-4-14-13(8-12)15(5-6-17-14)19-10-11-2-1-7-18-9-11/h3-6,8,11H,1-2,7,9-10H2. The van der Waals surface area contributed by atoms with Crippen LogP contribution in [0.2, 0.25) is 0 Å². The first-order valence-electron chi connectivity index (χ1n) is 6.58. The van der Waals surface area contributed by atoms with Crippen molar-refractivity contribution in [1.82, 2.24) is 4.98 Å². The molecule has 0 amide bonds. The van der Waals surface area contributed by atoms with Crippen LogP contribution in [0.5, 0.6) is 5.75 Å². The highest BCUT2D eigenvalue weighted by Crippen LogP contribution is 2.27. The summed E-state index contributed by atoms with van der Waals surface area (Å²) in [5.41, 5.74) is 0.959. The van der Waals surface area contributed by atoms with Gasteiger partial charge in [0.2, 0.25) is 0 Å². The molecule has 1 unspecified atom stereocenters. The molecule has 1 saturated heterocycles. The van der Waals surface area contributed by atoms with Gasteiger partial charge in [0.1, 0.15) is 5.75 Å². The van der Waals surface area contributed by atoms with E-state index >= 15 is 0 Å². The van der Waals surface area contributed by atoms with Gasteiger partial charge in [0.25, 0.3) is 0 Å². The van der Waals surface area contributed by atoms with Crippen molar-refractivity contribution in [3.05, 3.63) is 34.9 Å². The van der Waals surface area contributed by atoms with Crippen LogP contribution in [0.3, 0.4) is 0 Å². The number of aromatic nitrogens is 1. The van der Waals surface area contributed by atoms with Gasteiger partial charge in [0.05, 0.1) is 18.7 Å². The number of hydrogen-bond acceptors (Lipinski definition) is 3. The lowest BCUT2D eigenvalue weighted by atomic mass is 10.0. The van der Waals surface area contributed by atoms with Gasteiger partial charge >= 0.3 is 0 Å². The number of hydrogen-bond donors (Lipinski definition) is 0. The van der Waals surface area contributed by atoms with Crippen molar-refractivity contribution in [2.24, 2.45) is 5.92 Å². The molecule has 3 rings (SSSR count). The predicted molar refractivity (Wildman–Crippen MR) is 78.5 cm³/mol. The largest absolute Gasteiger partial charge is 0.492 e. The Morgan fingerprint density at radius 1 is 1.37 bits per heavy atom. The second kappa shape index (κ2) is 5.88. The lowest BCUT2D eigenvalue weighted by Crippen LogP contribution is -2.23. The Balaban J connectivity index is 1.78. The zero-order chi connectivity index (χ0) is 13.1. The topological polar surface area (TPSA) is 31.4 Å². The number of nitrogens with zero attached hydrogens (tertiary/aromatic N) is 1. The normalized spacial score (nSPS) is 19.5. The molecule has 1 aromatic heterocycles. The van der Waals surface area contributed by atoms with Crippen LogP contribution in [-0.4, -0.2) is 24.8 Å². The number of benzene rings is 1. The van der Waals surface area contributed by atoms with Crippen LogP contribution < -0.4 is 4.74 Å². The Hall–Kier alpha value is -1.13. The summed E-state index contributed by atoms with van der Waals surface area (Å²) >= 11 is 3.49. The molecule has 19 heavy (non-hydrogen) atoms. The molecule has 1 aromatic carbocycles. The van der Waals surface area contributed by atoms with Crippen molar-refractivity contribution in [3.8, 4) is 5.75 Å². The van der Waals surface area contributed by atoms with Gasteiger partial charge in [0.15, 0.2) is 0 Å². The maximum Gasteiger partial charge on any atom is 0.130 e. The van der Waals surface area contributed by atoms with Crippen LogP contribution in [0.1, 0.15) is 12.8 Å². The second-order valence-corrected chi connectivity index (χ2v) is 5.78. The number of fused-ring (bicyclic) bond motifs is 1. The summed E-state index contributed by atoms with van der Waals surface area (Å²) in [5.74, 6) is 1.40. The molecule has 0 bridgehead atoms. The van der Waals surface area contributed by atoms with Crippen molar-refractivity contribution in [2.45, 2.75) is 12.8 Å². The summed E-state index contributed by atoms with van der Waals surface area (Å²) in [6.45, 7) is 2.42. The molecule has 0 N–H and O–H groups in total. The summed E-state index contributed by atoms with van der Waals surface area (Å²) in [6, 6.07) is 7.97. The first-order valence-corrected chi connectivity index (χ1v) is 7.37. The molecule has 0 saturated carbocycles. The Morgan fingerprint density at radius 3 is 3.16 bits per heavy atom. The molecule has 4 heteroatoms. The average Bonchev–Trinajstić information content (AvgIpc) is 2.46. The van der Waals surface area contributed by atoms with Crippen LogP contribution in [0.25, 0.3) is 10.9 Å². The van der Waals surface area contributed by atoms with E-state index in [0.717, 1.165) is 40.8 Å². The molecule has 0 radical (unpaired) electrons. The lowest BCUT2D eigenvalue weighted by molar-refractivity contribution is 0.0354. The first kappa shape index (κ1) is 12.9. The first-order chi connectivity index (χ1) is 9.33. The van der Waals surface area contributed by atoms with Crippen molar-refractivity contribution in [1.29, 1.82) is 0 Å². The van der Waals surface area contributed by atoms with Crippen molar-refractivity contribution < 1.29 is 9.47 Å². The summed E-state index contributed by atoms with van der Waals surface area (Å²) in [6.07, 6.45) is 4.12. The third kappa shape index (κ3) is 3.07. The van der Waals surface area contributed by atoms with Crippen molar-refractivity contribution in [2.75, 3.05) is 19.8 Å². The third-order valence-corrected chi connectivity index (χ3v) is 3.89. The average molecular weight is 322 g/mol. The molecule has 2 heterocycles. The molecule has 0 spiro atoms. The highest BCUT2D eigenvalue weighted by Gasteiger charge is 2.15. The molecule has 1 aliphatic heterocycles. The molecule has 0 aliphatic carbocycles. The van der Waals surface area contributed by atoms with Gasteiger partial charge in [-0.15, -0.1) is 0 Å². The van der Waals surface area contributed by atoms with Gasteiger partial charge in [0, 0.05) is 28.6 Å². The van der Waals surface area contributed by atoms with Crippen molar-refractivity contribution >= 4 is 26.8 Å². The van der Waals surface area contributed by atoms with Gasteiger partial charge in [-0.05, 0) is 37.1 Å². The quantitative estimate of drug-likeness (QED) is 0.861. The summed E-state index contributed by atoms with van der Waals surface area (Å²) in [5, 5.41) is 1.05. The second-order valence-electron chi connectivity index (χ2n) is 4.86. The van der Waals surface area contributed by atoms with Gasteiger partial charge in [-0.1, -0.05) is 15.9 Å². The molecule has 1 atom stereocenters. The molecule has 100 valence electrons. The van der Waals surface area contributed by atoms with Crippen LogP contribution in [0.4, 0.5) is 0 Å². The van der Waals surface area contributed by atoms with E-state index < -0.39 is 0 Å². The highest BCUT2D eigenvalue weighted by atomic mass is 79.9. The Kier molecular flexibility index (Phi) is 3.99. The van der Waals surface area contributed by atoms with Crippen LogP contribution in [0, 0.1) is 5.92 Å². The smallest absolute Gasteiger partial charge is 0.130 e. The number of rotatable bonds is 3. The molecule has 1 aliphatic rings. The highest BCUT2D eigenvalue weighted by molar-refractivity contribution is 9.10. The van der Waals surface area contributed by atoms with Gasteiger partial charge in [-0.25, -0.2) is 0 Å². The summed E-state index contributed by atoms with van der Waals surface area (Å²) in [4.78, 5) is 4.35. The lowest BCUT2D eigenvalue weighted by Gasteiger charge is -2.22. The van der Waals surface area contributed by atoms with E-state index in [9.17, 15) is 0 Å². The molecular weight excluding hydrogens is 306 g/mol.